The summed E-state index contributed by atoms with van der Waals surface area (Å²) in [4.78, 5) is 49.1. The Hall–Kier alpha value is -2.94. The molecular weight excluding hydrogens is 433 g/mol. The topological polar surface area (TPSA) is 116 Å². The summed E-state index contributed by atoms with van der Waals surface area (Å²) >= 11 is 0. The minimum absolute atomic E-state index is 0. The molecule has 9 heteroatoms. The molecule has 8 nitrogen and oxygen atoms in total. The first-order chi connectivity index (χ1) is 15.2. The van der Waals surface area contributed by atoms with Crippen molar-refractivity contribution in [1.29, 1.82) is 0 Å². The van der Waals surface area contributed by atoms with Gasteiger partial charge >= 0.3 is 41.6 Å². The zero-order chi connectivity index (χ0) is 23.3. The van der Waals surface area contributed by atoms with Crippen molar-refractivity contribution >= 4 is 23.7 Å². The molecule has 2 aromatic carbocycles. The molecule has 3 amide bonds. The SMILES string of the molecule is Cc1cccc(Cc2ccc([C@H](CC(=O)O)NC(=O)NC3C(=O)C=CN(C)C3=O)cc2)c1.[H-].[Na+]. The number of urea groups is 1. The molecule has 3 N–H and O–H groups in total. The van der Waals surface area contributed by atoms with Crippen LogP contribution < -0.4 is 40.2 Å². The van der Waals surface area contributed by atoms with Crippen LogP contribution >= 0.6 is 0 Å². The zero-order valence-corrected chi connectivity index (χ0v) is 20.9. The van der Waals surface area contributed by atoms with Crippen LogP contribution in [0.2, 0.25) is 0 Å². The van der Waals surface area contributed by atoms with Crippen molar-refractivity contribution in [2.75, 3.05) is 7.05 Å². The summed E-state index contributed by atoms with van der Waals surface area (Å²) in [6, 6.07) is 12.5. The number of carbonyl (C=O) groups excluding carboxylic acids is 3. The van der Waals surface area contributed by atoms with Crippen molar-refractivity contribution < 1.29 is 55.3 Å². The number of likely N-dealkylation sites (N-methyl/N-ethyl adjacent to an activating group) is 1. The second-order valence-electron chi connectivity index (χ2n) is 7.78. The molecule has 1 aliphatic heterocycles. The van der Waals surface area contributed by atoms with Gasteiger partial charge in [0.15, 0.2) is 11.8 Å². The molecule has 0 bridgehead atoms. The van der Waals surface area contributed by atoms with Crippen molar-refractivity contribution in [3.63, 3.8) is 0 Å². The van der Waals surface area contributed by atoms with Gasteiger partial charge in [-0.3, -0.25) is 14.4 Å². The predicted octanol–water partition coefficient (Wildman–Crippen LogP) is -0.559. The normalized spacial score (nSPS) is 16.1. The maximum atomic E-state index is 12.5. The minimum atomic E-state index is -1.34. The standard InChI is InChI=1S/C24H25N3O5.Na.H/c1-15-4-3-5-17(12-15)13-16-6-8-18(9-7-16)19(14-21(29)30)25-24(32)26-22-20(28)10-11-27(2)23(22)31;;/h3-12,19,22H,13-14H2,1-2H3,(H,29,30)(H2,25,26,32);;/q;+1;-1/t19-,22?;;/m0../s1. The van der Waals surface area contributed by atoms with Gasteiger partial charge in [-0.1, -0.05) is 54.1 Å². The van der Waals surface area contributed by atoms with E-state index in [4.69, 9.17) is 0 Å². The summed E-state index contributed by atoms with van der Waals surface area (Å²) < 4.78 is 0. The summed E-state index contributed by atoms with van der Waals surface area (Å²) in [5.74, 6) is -2.20. The molecule has 1 heterocycles. The summed E-state index contributed by atoms with van der Waals surface area (Å²) in [5, 5.41) is 14.2. The molecule has 168 valence electrons. The second kappa shape index (κ2) is 11.8. The quantitative estimate of drug-likeness (QED) is 0.379. The summed E-state index contributed by atoms with van der Waals surface area (Å²) in [6.45, 7) is 2.03. The first kappa shape index (κ1) is 26.3. The van der Waals surface area contributed by atoms with Gasteiger partial charge in [-0.15, -0.1) is 0 Å². The molecule has 1 aliphatic rings. The molecular formula is C24H26N3NaO5. The van der Waals surface area contributed by atoms with Crippen molar-refractivity contribution in [1.82, 2.24) is 15.5 Å². The zero-order valence-electron chi connectivity index (χ0n) is 19.9. The molecule has 2 atom stereocenters. The van der Waals surface area contributed by atoms with Crippen molar-refractivity contribution in [3.8, 4) is 0 Å². The Morgan fingerprint density at radius 1 is 1.12 bits per heavy atom. The largest absolute Gasteiger partial charge is 1.00 e. The summed E-state index contributed by atoms with van der Waals surface area (Å²) in [5.41, 5.74) is 3.99. The van der Waals surface area contributed by atoms with E-state index in [2.05, 4.69) is 16.7 Å². The number of amides is 3. The van der Waals surface area contributed by atoms with Crippen LogP contribution in [0.15, 0.2) is 60.8 Å². The van der Waals surface area contributed by atoms with E-state index >= 15 is 0 Å². The number of carboxylic acid groups (broad SMARTS) is 1. The van der Waals surface area contributed by atoms with E-state index in [1.165, 1.54) is 29.8 Å². The van der Waals surface area contributed by atoms with Gasteiger partial charge in [0.05, 0.1) is 12.5 Å². The molecule has 3 rings (SSSR count). The van der Waals surface area contributed by atoms with E-state index in [0.717, 1.165) is 17.5 Å². The van der Waals surface area contributed by atoms with Crippen LogP contribution in [0, 0.1) is 6.92 Å². The number of nitrogens with one attached hydrogen (secondary N) is 2. The van der Waals surface area contributed by atoms with Crippen LogP contribution in [0.4, 0.5) is 4.79 Å². The van der Waals surface area contributed by atoms with Gasteiger partial charge in [0.1, 0.15) is 0 Å². The number of aliphatic carboxylic acids is 1. The van der Waals surface area contributed by atoms with E-state index in [-0.39, 0.29) is 37.4 Å². The fraction of sp³-hybridized carbons (Fsp3) is 0.250. The number of hydrogen-bond acceptors (Lipinski definition) is 4. The molecule has 0 saturated heterocycles. The average molecular weight is 459 g/mol. The fourth-order valence-corrected chi connectivity index (χ4v) is 3.50. The molecule has 0 spiro atoms. The van der Waals surface area contributed by atoms with Crippen LogP contribution in [-0.4, -0.2) is 46.8 Å². The molecule has 2 aromatic rings. The second-order valence-corrected chi connectivity index (χ2v) is 7.78. The summed E-state index contributed by atoms with van der Waals surface area (Å²) in [7, 11) is 1.48. The maximum absolute atomic E-state index is 12.5. The Balaban J connectivity index is 0.00000289. The molecule has 0 saturated carbocycles. The van der Waals surface area contributed by atoms with Gasteiger partial charge in [-0.2, -0.15) is 0 Å². The van der Waals surface area contributed by atoms with Crippen LogP contribution in [0.5, 0.6) is 0 Å². The number of nitrogens with zero attached hydrogens (tertiary/aromatic N) is 1. The van der Waals surface area contributed by atoms with Crippen molar-refractivity contribution in [2.24, 2.45) is 0 Å². The smallest absolute Gasteiger partial charge is 1.00 e. The maximum Gasteiger partial charge on any atom is 1.00 e. The molecule has 0 aromatic heterocycles. The number of ketones is 1. The third kappa shape index (κ3) is 7.28. The third-order valence-corrected chi connectivity index (χ3v) is 5.17. The van der Waals surface area contributed by atoms with Gasteiger partial charge in [0, 0.05) is 19.3 Å². The molecule has 1 unspecified atom stereocenters. The van der Waals surface area contributed by atoms with E-state index in [0.29, 0.717) is 5.56 Å². The number of carbonyl (C=O) groups is 4. The molecule has 33 heavy (non-hydrogen) atoms. The Bertz CT molecular complexity index is 1070. The third-order valence-electron chi connectivity index (χ3n) is 5.17. The minimum Gasteiger partial charge on any atom is -1.00 e. The van der Waals surface area contributed by atoms with E-state index in [1.807, 2.05) is 37.3 Å². The van der Waals surface area contributed by atoms with Crippen LogP contribution in [0.25, 0.3) is 0 Å². The molecule has 0 radical (unpaired) electrons. The van der Waals surface area contributed by atoms with E-state index < -0.39 is 35.8 Å². The van der Waals surface area contributed by atoms with Gasteiger partial charge in [0.2, 0.25) is 0 Å². The van der Waals surface area contributed by atoms with Crippen LogP contribution in [0.3, 0.4) is 0 Å². The van der Waals surface area contributed by atoms with Gasteiger partial charge in [-0.05, 0) is 30.0 Å². The van der Waals surface area contributed by atoms with Crippen molar-refractivity contribution in [3.05, 3.63) is 83.1 Å². The van der Waals surface area contributed by atoms with Gasteiger partial charge in [0.25, 0.3) is 5.91 Å². The van der Waals surface area contributed by atoms with E-state index in [9.17, 15) is 24.3 Å². The molecule has 0 aliphatic carbocycles. The number of carboxylic acids is 1. The number of benzene rings is 2. The Morgan fingerprint density at radius 3 is 2.45 bits per heavy atom. The number of rotatable bonds is 7. The fourth-order valence-electron chi connectivity index (χ4n) is 3.50. The summed E-state index contributed by atoms with van der Waals surface area (Å²) in [6.07, 6.45) is 2.91. The first-order valence-corrected chi connectivity index (χ1v) is 10.1. The Labute approximate surface area is 215 Å². The Morgan fingerprint density at radius 2 is 1.82 bits per heavy atom. The predicted molar refractivity (Wildman–Crippen MR) is 119 cm³/mol. The number of aryl methyl sites for hydroxylation is 1. The molecule has 0 fully saturated rings. The monoisotopic (exact) mass is 459 g/mol. The number of hydrogen-bond donors (Lipinski definition) is 3. The van der Waals surface area contributed by atoms with Crippen LogP contribution in [-0.2, 0) is 20.8 Å². The van der Waals surface area contributed by atoms with Gasteiger partial charge in [-0.25, -0.2) is 4.79 Å². The van der Waals surface area contributed by atoms with Crippen LogP contribution in [0.1, 0.15) is 36.1 Å². The van der Waals surface area contributed by atoms with Crippen molar-refractivity contribution in [2.45, 2.75) is 31.8 Å². The first-order valence-electron chi connectivity index (χ1n) is 10.1. The average Bonchev–Trinajstić information content (AvgIpc) is 2.74. The Kier molecular flexibility index (Phi) is 9.40. The van der Waals surface area contributed by atoms with Gasteiger partial charge < -0.3 is 22.1 Å². The van der Waals surface area contributed by atoms with E-state index in [1.54, 1.807) is 12.1 Å².